The van der Waals surface area contributed by atoms with Crippen LogP contribution in [0.4, 0.5) is 0 Å². The van der Waals surface area contributed by atoms with E-state index in [1.807, 2.05) is 17.5 Å². The number of aromatic nitrogens is 3. The van der Waals surface area contributed by atoms with E-state index in [0.717, 1.165) is 18.6 Å². The van der Waals surface area contributed by atoms with Crippen LogP contribution in [0.5, 0.6) is 0 Å². The Morgan fingerprint density at radius 3 is 2.45 bits per heavy atom. The summed E-state index contributed by atoms with van der Waals surface area (Å²) < 4.78 is 5.98. The average molecular weight is 446 g/mol. The van der Waals surface area contributed by atoms with E-state index < -0.39 is 0 Å². The van der Waals surface area contributed by atoms with Gasteiger partial charge in [0.05, 0.1) is 10.2 Å². The zero-order valence-electron chi connectivity index (χ0n) is 18.7. The first-order chi connectivity index (χ1) is 16.2. The van der Waals surface area contributed by atoms with Crippen molar-refractivity contribution in [3.05, 3.63) is 95.1 Å². The van der Waals surface area contributed by atoms with Crippen LogP contribution in [-0.4, -0.2) is 14.0 Å². The molecule has 4 heterocycles. The number of para-hydroxylation sites is 1. The maximum atomic E-state index is 4.66. The molecule has 0 fully saturated rings. The lowest BCUT2D eigenvalue weighted by Gasteiger charge is -2.08. The predicted molar refractivity (Wildman–Crippen MR) is 141 cm³/mol. The number of imidazole rings is 1. The summed E-state index contributed by atoms with van der Waals surface area (Å²) in [6.07, 6.45) is 4.89. The lowest BCUT2D eigenvalue weighted by Crippen LogP contribution is -1.94. The molecule has 0 bridgehead atoms. The third-order valence-electron chi connectivity index (χ3n) is 6.87. The van der Waals surface area contributed by atoms with Gasteiger partial charge in [-0.2, -0.15) is 0 Å². The van der Waals surface area contributed by atoms with E-state index in [4.69, 9.17) is 0 Å². The second kappa shape index (κ2) is 6.93. The minimum atomic E-state index is 0.920. The highest BCUT2D eigenvalue weighted by Crippen LogP contribution is 2.36. The Morgan fingerprint density at radius 1 is 0.788 bits per heavy atom. The Kier molecular flexibility index (Phi) is 3.97. The fourth-order valence-corrected chi connectivity index (χ4v) is 6.47. The molecule has 0 unspecified atom stereocenters. The van der Waals surface area contributed by atoms with E-state index in [-0.39, 0.29) is 0 Å². The molecule has 0 N–H and O–H groups in total. The molecule has 0 saturated heterocycles. The Morgan fingerprint density at radius 2 is 1.58 bits per heavy atom. The molecule has 4 aromatic heterocycles. The van der Waals surface area contributed by atoms with Gasteiger partial charge < -0.3 is 4.57 Å². The number of hydrogen-bond acceptors (Lipinski definition) is 2. The van der Waals surface area contributed by atoms with Crippen LogP contribution in [0.1, 0.15) is 22.9 Å². The second-order valence-corrected chi connectivity index (χ2v) is 10.1. The van der Waals surface area contributed by atoms with Crippen LogP contribution in [0.2, 0.25) is 0 Å². The van der Waals surface area contributed by atoms with Gasteiger partial charge in [-0.15, -0.1) is 11.3 Å². The smallest absolute Gasteiger partial charge is 0.145 e. The molecule has 33 heavy (non-hydrogen) atoms. The van der Waals surface area contributed by atoms with E-state index in [1.54, 1.807) is 0 Å². The highest BCUT2D eigenvalue weighted by molar-refractivity contribution is 7.20. The van der Waals surface area contributed by atoms with Gasteiger partial charge in [0.2, 0.25) is 0 Å². The van der Waals surface area contributed by atoms with Crippen LogP contribution in [0.25, 0.3) is 48.4 Å². The third kappa shape index (κ3) is 2.71. The molecule has 0 aliphatic rings. The summed E-state index contributed by atoms with van der Waals surface area (Å²) in [6.45, 7) is 5.39. The van der Waals surface area contributed by atoms with Gasteiger partial charge in [-0.1, -0.05) is 36.4 Å². The summed E-state index contributed by atoms with van der Waals surface area (Å²) in [4.78, 5) is 5.99. The largest absolute Gasteiger partial charge is 0.341 e. The molecule has 0 saturated carbocycles. The van der Waals surface area contributed by atoms with Crippen molar-refractivity contribution < 1.29 is 0 Å². The second-order valence-electron chi connectivity index (χ2n) is 8.86. The van der Waals surface area contributed by atoms with Crippen molar-refractivity contribution in [2.75, 3.05) is 0 Å². The zero-order chi connectivity index (χ0) is 22.1. The molecule has 3 nitrogen and oxygen atoms in total. The standard InChI is InChI=1S/C29H23N3S/c1-3-31-25-7-5-4-6-21(25)23-16-20(9-11-26(23)31)15-19-8-10-22-24(17-19)28-27(14-18(2)33-28)32-13-12-30-29(22)32/h4-14,16-17H,3,15H2,1-2H3. The van der Waals surface area contributed by atoms with Crippen molar-refractivity contribution in [1.29, 1.82) is 0 Å². The first-order valence-corrected chi connectivity index (χ1v) is 12.3. The minimum absolute atomic E-state index is 0.920. The van der Waals surface area contributed by atoms with Crippen LogP contribution < -0.4 is 0 Å². The van der Waals surface area contributed by atoms with Crippen molar-refractivity contribution >= 4 is 59.8 Å². The molecule has 4 heteroatoms. The van der Waals surface area contributed by atoms with Gasteiger partial charge in [0.1, 0.15) is 5.65 Å². The highest BCUT2D eigenvalue weighted by Gasteiger charge is 2.13. The van der Waals surface area contributed by atoms with Gasteiger partial charge in [0.25, 0.3) is 0 Å². The molecule has 0 radical (unpaired) electrons. The van der Waals surface area contributed by atoms with E-state index in [2.05, 4.69) is 101 Å². The van der Waals surface area contributed by atoms with Gasteiger partial charge in [-0.05, 0) is 61.7 Å². The SMILES string of the molecule is CCn1c2ccccc2c2cc(Cc3ccc4c(c3)c3sc(C)cc3n3ccnc43)ccc21. The summed E-state index contributed by atoms with van der Waals surface area (Å²) in [6, 6.07) is 24.9. The van der Waals surface area contributed by atoms with Crippen LogP contribution in [0, 0.1) is 6.92 Å². The molecule has 160 valence electrons. The van der Waals surface area contributed by atoms with Crippen LogP contribution >= 0.6 is 11.3 Å². The van der Waals surface area contributed by atoms with Crippen molar-refractivity contribution in [2.45, 2.75) is 26.8 Å². The van der Waals surface area contributed by atoms with Gasteiger partial charge in [-0.3, -0.25) is 4.40 Å². The number of hydrogen-bond donors (Lipinski definition) is 0. The Labute approximate surface area is 195 Å². The first kappa shape index (κ1) is 18.9. The van der Waals surface area contributed by atoms with Crippen molar-refractivity contribution in [2.24, 2.45) is 0 Å². The Bertz CT molecular complexity index is 1850. The van der Waals surface area contributed by atoms with Crippen molar-refractivity contribution in [3.8, 4) is 0 Å². The summed E-state index contributed by atoms with van der Waals surface area (Å²) >= 11 is 1.87. The molecule has 0 atom stereocenters. The number of rotatable bonds is 3. The summed E-state index contributed by atoms with van der Waals surface area (Å²) in [5.74, 6) is 0. The van der Waals surface area contributed by atoms with Crippen LogP contribution in [0.3, 0.4) is 0 Å². The predicted octanol–water partition coefficient (Wildman–Crippen LogP) is 7.73. The fourth-order valence-electron chi connectivity index (χ4n) is 5.44. The fraction of sp³-hybridized carbons (Fsp3) is 0.138. The lowest BCUT2D eigenvalue weighted by atomic mass is 10.00. The topological polar surface area (TPSA) is 22.2 Å². The van der Waals surface area contributed by atoms with Gasteiger partial charge in [-0.25, -0.2) is 4.98 Å². The van der Waals surface area contributed by atoms with Gasteiger partial charge >= 0.3 is 0 Å². The quantitative estimate of drug-likeness (QED) is 0.273. The highest BCUT2D eigenvalue weighted by atomic mass is 32.1. The number of nitrogens with zero attached hydrogens (tertiary/aromatic N) is 3. The number of pyridine rings is 1. The van der Waals surface area contributed by atoms with Crippen LogP contribution in [0.15, 0.2) is 79.1 Å². The molecular formula is C29H23N3S. The zero-order valence-corrected chi connectivity index (χ0v) is 19.5. The number of aryl methyl sites for hydroxylation is 2. The molecule has 3 aromatic carbocycles. The molecule has 0 amide bonds. The molecule has 0 spiro atoms. The summed E-state index contributed by atoms with van der Waals surface area (Å²) in [7, 11) is 0. The molecule has 0 aliphatic heterocycles. The molecule has 7 rings (SSSR count). The number of thiophene rings is 1. The maximum Gasteiger partial charge on any atom is 0.145 e. The molecule has 0 aliphatic carbocycles. The Hall–Kier alpha value is -3.63. The maximum absolute atomic E-state index is 4.66. The van der Waals surface area contributed by atoms with Gasteiger partial charge in [0, 0.05) is 56.4 Å². The van der Waals surface area contributed by atoms with E-state index in [9.17, 15) is 0 Å². The first-order valence-electron chi connectivity index (χ1n) is 11.5. The Balaban J connectivity index is 1.39. The van der Waals surface area contributed by atoms with Gasteiger partial charge in [0.15, 0.2) is 0 Å². The third-order valence-corrected chi connectivity index (χ3v) is 7.94. The number of benzene rings is 3. The van der Waals surface area contributed by atoms with E-state index in [0.29, 0.717) is 0 Å². The minimum Gasteiger partial charge on any atom is -0.341 e. The monoisotopic (exact) mass is 445 g/mol. The normalized spacial score (nSPS) is 12.2. The van der Waals surface area contributed by atoms with Crippen LogP contribution in [-0.2, 0) is 13.0 Å². The molecule has 7 aromatic rings. The van der Waals surface area contributed by atoms with E-state index >= 15 is 0 Å². The van der Waals surface area contributed by atoms with Crippen molar-refractivity contribution in [3.63, 3.8) is 0 Å². The summed E-state index contributed by atoms with van der Waals surface area (Å²) in [5, 5.41) is 5.22. The van der Waals surface area contributed by atoms with Crippen molar-refractivity contribution in [1.82, 2.24) is 14.0 Å². The number of fused-ring (bicyclic) bond motifs is 9. The molecular weight excluding hydrogens is 422 g/mol. The summed E-state index contributed by atoms with van der Waals surface area (Å²) in [5.41, 5.74) is 7.61. The van der Waals surface area contributed by atoms with E-state index in [1.165, 1.54) is 58.8 Å². The average Bonchev–Trinajstić information content (AvgIpc) is 3.54. The lowest BCUT2D eigenvalue weighted by molar-refractivity contribution is 0.827.